The largest absolute Gasteiger partial charge is 0.314 e. The van der Waals surface area contributed by atoms with Crippen molar-refractivity contribution in [3.05, 3.63) is 29.3 Å². The summed E-state index contributed by atoms with van der Waals surface area (Å²) in [6.07, 6.45) is 4.10. The standard InChI is InChI=1S/C13H17NO2S/c15-17(16)8-6-12-10(3-1-5-13(12)17)9-11-4-2-7-14-11/h1,3,5,11,14H,2,4,6-9H2. The van der Waals surface area contributed by atoms with E-state index in [0.717, 1.165) is 18.5 Å². The molecule has 1 aromatic rings. The minimum atomic E-state index is -2.98. The van der Waals surface area contributed by atoms with Crippen LogP contribution in [0.1, 0.15) is 24.0 Å². The summed E-state index contributed by atoms with van der Waals surface area (Å²) in [5.41, 5.74) is 2.30. The Balaban J connectivity index is 1.94. The fourth-order valence-corrected chi connectivity index (χ4v) is 4.51. The van der Waals surface area contributed by atoms with Crippen molar-refractivity contribution in [3.8, 4) is 0 Å². The van der Waals surface area contributed by atoms with Gasteiger partial charge in [-0.1, -0.05) is 12.1 Å². The quantitative estimate of drug-likeness (QED) is 0.862. The van der Waals surface area contributed by atoms with E-state index in [2.05, 4.69) is 11.4 Å². The van der Waals surface area contributed by atoms with Gasteiger partial charge in [0, 0.05) is 6.04 Å². The van der Waals surface area contributed by atoms with Crippen molar-refractivity contribution in [2.75, 3.05) is 12.3 Å². The van der Waals surface area contributed by atoms with E-state index in [1.807, 2.05) is 6.07 Å². The highest BCUT2D eigenvalue weighted by molar-refractivity contribution is 7.91. The van der Waals surface area contributed by atoms with E-state index in [-0.39, 0.29) is 5.75 Å². The summed E-state index contributed by atoms with van der Waals surface area (Å²) >= 11 is 0. The minimum Gasteiger partial charge on any atom is -0.314 e. The summed E-state index contributed by atoms with van der Waals surface area (Å²) in [5.74, 6) is 0.289. The van der Waals surface area contributed by atoms with Gasteiger partial charge in [0.15, 0.2) is 9.84 Å². The van der Waals surface area contributed by atoms with Crippen molar-refractivity contribution in [1.82, 2.24) is 5.32 Å². The zero-order valence-corrected chi connectivity index (χ0v) is 10.6. The van der Waals surface area contributed by atoms with Crippen molar-refractivity contribution in [1.29, 1.82) is 0 Å². The molecule has 0 saturated carbocycles. The number of sulfone groups is 1. The predicted octanol–water partition coefficient (Wildman–Crippen LogP) is 1.31. The van der Waals surface area contributed by atoms with Crippen molar-refractivity contribution in [2.45, 2.75) is 36.6 Å². The molecule has 1 aromatic carbocycles. The fourth-order valence-electron chi connectivity index (χ4n) is 2.92. The van der Waals surface area contributed by atoms with Crippen molar-refractivity contribution in [3.63, 3.8) is 0 Å². The first-order chi connectivity index (χ1) is 8.17. The van der Waals surface area contributed by atoms with E-state index >= 15 is 0 Å². The van der Waals surface area contributed by atoms with E-state index in [1.54, 1.807) is 6.07 Å². The maximum atomic E-state index is 11.8. The van der Waals surface area contributed by atoms with Crippen LogP contribution in [0.2, 0.25) is 0 Å². The molecule has 2 heterocycles. The van der Waals surface area contributed by atoms with E-state index in [9.17, 15) is 8.42 Å². The summed E-state index contributed by atoms with van der Waals surface area (Å²) in [7, 11) is -2.98. The van der Waals surface area contributed by atoms with Gasteiger partial charge in [0.1, 0.15) is 0 Å². The molecule has 0 amide bonds. The molecule has 2 aliphatic rings. The number of rotatable bonds is 2. The predicted molar refractivity (Wildman–Crippen MR) is 66.9 cm³/mol. The molecule has 3 nitrogen and oxygen atoms in total. The third kappa shape index (κ3) is 2.00. The lowest BCUT2D eigenvalue weighted by Gasteiger charge is -2.13. The first kappa shape index (κ1) is 11.2. The molecule has 0 aromatic heterocycles. The summed E-state index contributed by atoms with van der Waals surface area (Å²) in [5, 5.41) is 3.47. The average molecular weight is 251 g/mol. The summed E-state index contributed by atoms with van der Waals surface area (Å²) < 4.78 is 23.7. The van der Waals surface area contributed by atoms with Crippen LogP contribution in [0.25, 0.3) is 0 Å². The topological polar surface area (TPSA) is 46.2 Å². The maximum Gasteiger partial charge on any atom is 0.178 e. The molecule has 0 radical (unpaired) electrons. The van der Waals surface area contributed by atoms with Crippen molar-refractivity contribution in [2.24, 2.45) is 0 Å². The highest BCUT2D eigenvalue weighted by Gasteiger charge is 2.28. The van der Waals surface area contributed by atoms with Gasteiger partial charge in [0.25, 0.3) is 0 Å². The first-order valence-electron chi connectivity index (χ1n) is 6.24. The van der Waals surface area contributed by atoms with Crippen LogP contribution in [0, 0.1) is 0 Å². The molecular weight excluding hydrogens is 234 g/mol. The lowest BCUT2D eigenvalue weighted by Crippen LogP contribution is -2.24. The number of hydrogen-bond donors (Lipinski definition) is 1. The zero-order chi connectivity index (χ0) is 11.9. The van der Waals surface area contributed by atoms with Crippen LogP contribution in [0.15, 0.2) is 23.1 Å². The molecule has 1 unspecified atom stereocenters. The van der Waals surface area contributed by atoms with Crippen LogP contribution in [-0.4, -0.2) is 26.8 Å². The second-order valence-electron chi connectivity index (χ2n) is 4.96. The third-order valence-electron chi connectivity index (χ3n) is 3.81. The summed E-state index contributed by atoms with van der Waals surface area (Å²) in [4.78, 5) is 0.577. The number of hydrogen-bond acceptors (Lipinski definition) is 3. The minimum absolute atomic E-state index is 0.289. The Morgan fingerprint density at radius 1 is 1.35 bits per heavy atom. The van der Waals surface area contributed by atoms with Crippen LogP contribution in [0.5, 0.6) is 0 Å². The van der Waals surface area contributed by atoms with Gasteiger partial charge in [0.05, 0.1) is 10.6 Å². The Bertz CT molecular complexity index is 530. The monoisotopic (exact) mass is 251 g/mol. The van der Waals surface area contributed by atoms with Gasteiger partial charge in [-0.05, 0) is 49.4 Å². The number of nitrogens with one attached hydrogen (secondary N) is 1. The molecule has 0 spiro atoms. The van der Waals surface area contributed by atoms with E-state index in [4.69, 9.17) is 0 Å². The summed E-state index contributed by atoms with van der Waals surface area (Å²) in [6.45, 7) is 1.10. The number of fused-ring (bicyclic) bond motifs is 1. The van der Waals surface area contributed by atoms with Gasteiger partial charge in [-0.2, -0.15) is 0 Å². The molecule has 17 heavy (non-hydrogen) atoms. The lowest BCUT2D eigenvalue weighted by molar-refractivity contribution is 0.597. The lowest BCUT2D eigenvalue weighted by atomic mass is 9.98. The van der Waals surface area contributed by atoms with Gasteiger partial charge < -0.3 is 5.32 Å². The molecule has 1 saturated heterocycles. The van der Waals surface area contributed by atoms with Crippen LogP contribution in [-0.2, 0) is 22.7 Å². The van der Waals surface area contributed by atoms with Gasteiger partial charge in [-0.3, -0.25) is 0 Å². The first-order valence-corrected chi connectivity index (χ1v) is 7.89. The molecule has 1 N–H and O–H groups in total. The molecule has 2 aliphatic heterocycles. The maximum absolute atomic E-state index is 11.8. The smallest absolute Gasteiger partial charge is 0.178 e. The van der Waals surface area contributed by atoms with E-state index in [1.165, 1.54) is 18.4 Å². The van der Waals surface area contributed by atoms with Crippen molar-refractivity contribution >= 4 is 9.84 Å². The molecular formula is C13H17NO2S. The van der Waals surface area contributed by atoms with Crippen LogP contribution >= 0.6 is 0 Å². The van der Waals surface area contributed by atoms with Crippen LogP contribution in [0.4, 0.5) is 0 Å². The van der Waals surface area contributed by atoms with Gasteiger partial charge >= 0.3 is 0 Å². The Labute approximate surface area is 102 Å². The molecule has 1 atom stereocenters. The van der Waals surface area contributed by atoms with Gasteiger partial charge in [-0.15, -0.1) is 0 Å². The SMILES string of the molecule is O=S1(=O)CCc2c(CC3CCCN3)cccc21. The van der Waals surface area contributed by atoms with Crippen molar-refractivity contribution < 1.29 is 8.42 Å². The van der Waals surface area contributed by atoms with Crippen LogP contribution in [0.3, 0.4) is 0 Å². The second-order valence-corrected chi connectivity index (χ2v) is 7.04. The molecule has 92 valence electrons. The van der Waals surface area contributed by atoms with Gasteiger partial charge in [0.2, 0.25) is 0 Å². The molecule has 0 aliphatic carbocycles. The highest BCUT2D eigenvalue weighted by atomic mass is 32.2. The Hall–Kier alpha value is -0.870. The average Bonchev–Trinajstić information content (AvgIpc) is 2.89. The Morgan fingerprint density at radius 3 is 3.00 bits per heavy atom. The highest BCUT2D eigenvalue weighted by Crippen LogP contribution is 2.29. The van der Waals surface area contributed by atoms with Gasteiger partial charge in [-0.25, -0.2) is 8.42 Å². The van der Waals surface area contributed by atoms with E-state index in [0.29, 0.717) is 17.4 Å². The molecule has 0 bridgehead atoms. The Morgan fingerprint density at radius 2 is 2.24 bits per heavy atom. The number of benzene rings is 1. The van der Waals surface area contributed by atoms with E-state index < -0.39 is 9.84 Å². The molecule has 4 heteroatoms. The molecule has 1 fully saturated rings. The Kier molecular flexibility index (Phi) is 2.71. The normalized spacial score (nSPS) is 26.0. The fraction of sp³-hybridized carbons (Fsp3) is 0.538. The molecule has 3 rings (SSSR count). The zero-order valence-electron chi connectivity index (χ0n) is 9.78. The second kappa shape index (κ2) is 4.10. The third-order valence-corrected chi connectivity index (χ3v) is 5.61. The summed E-state index contributed by atoms with van der Waals surface area (Å²) in [6, 6.07) is 6.25. The van der Waals surface area contributed by atoms with Crippen LogP contribution < -0.4 is 5.32 Å².